The van der Waals surface area contributed by atoms with Crippen molar-refractivity contribution in [3.63, 3.8) is 0 Å². The van der Waals surface area contributed by atoms with Crippen molar-refractivity contribution in [1.29, 1.82) is 0 Å². The molecule has 1 aromatic carbocycles. The largest absolute Gasteiger partial charge is 0.382 e. The lowest BCUT2D eigenvalue weighted by Crippen LogP contribution is -2.21. The Morgan fingerprint density at radius 2 is 1.95 bits per heavy atom. The van der Waals surface area contributed by atoms with E-state index in [0.29, 0.717) is 12.7 Å². The number of benzene rings is 1. The third kappa shape index (κ3) is 5.95. The molecular weight excluding hydrogens is 280 g/mol. The minimum Gasteiger partial charge on any atom is -0.382 e. The summed E-state index contributed by atoms with van der Waals surface area (Å²) in [4.78, 5) is 0. The molecule has 0 aliphatic rings. The molecule has 0 radical (unpaired) electrons. The van der Waals surface area contributed by atoms with Gasteiger partial charge in [0.1, 0.15) is 11.6 Å². The van der Waals surface area contributed by atoms with Crippen molar-refractivity contribution < 1.29 is 26.7 Å². The molecular formula is C11H15F2NO4S. The zero-order chi connectivity index (χ0) is 14.3. The third-order valence-electron chi connectivity index (χ3n) is 2.12. The summed E-state index contributed by atoms with van der Waals surface area (Å²) in [7, 11) is -2.24. The molecule has 0 unspecified atom stereocenters. The molecule has 0 spiro atoms. The fraction of sp³-hybridized carbons (Fsp3) is 0.455. The Morgan fingerprint density at radius 1 is 1.21 bits per heavy atom. The maximum atomic E-state index is 13.3. The summed E-state index contributed by atoms with van der Waals surface area (Å²) in [5, 5.41) is 0. The highest BCUT2D eigenvalue weighted by Crippen LogP contribution is 2.16. The van der Waals surface area contributed by atoms with Crippen molar-refractivity contribution in [1.82, 2.24) is 0 Å². The smallest absolute Gasteiger partial charge is 0.235 e. The minimum atomic E-state index is -3.74. The van der Waals surface area contributed by atoms with Gasteiger partial charge < -0.3 is 9.47 Å². The summed E-state index contributed by atoms with van der Waals surface area (Å²) in [6.07, 6.45) is 0. The maximum Gasteiger partial charge on any atom is 0.235 e. The Bertz CT molecular complexity index is 507. The number of rotatable bonds is 8. The van der Waals surface area contributed by atoms with Crippen LogP contribution in [0.15, 0.2) is 18.2 Å². The van der Waals surface area contributed by atoms with E-state index in [1.807, 2.05) is 4.72 Å². The van der Waals surface area contributed by atoms with Crippen LogP contribution in [0.2, 0.25) is 0 Å². The highest BCUT2D eigenvalue weighted by molar-refractivity contribution is 7.92. The number of halogens is 2. The molecule has 0 fully saturated rings. The monoisotopic (exact) mass is 295 g/mol. The quantitative estimate of drug-likeness (QED) is 0.736. The second kappa shape index (κ2) is 7.37. The van der Waals surface area contributed by atoms with Crippen LogP contribution in [0.3, 0.4) is 0 Å². The Balaban J connectivity index is 2.50. The van der Waals surface area contributed by atoms with E-state index in [4.69, 9.17) is 9.47 Å². The van der Waals surface area contributed by atoms with Crippen LogP contribution in [0.5, 0.6) is 0 Å². The van der Waals surface area contributed by atoms with Crippen LogP contribution in [0.25, 0.3) is 0 Å². The molecule has 0 aromatic heterocycles. The van der Waals surface area contributed by atoms with Crippen LogP contribution in [0.4, 0.5) is 14.5 Å². The minimum absolute atomic E-state index is 0.0402. The number of nitrogens with one attached hydrogen (secondary N) is 1. The average molecular weight is 295 g/mol. The van der Waals surface area contributed by atoms with Gasteiger partial charge in [0, 0.05) is 13.2 Å². The first kappa shape index (κ1) is 15.8. The van der Waals surface area contributed by atoms with Gasteiger partial charge in [0.05, 0.1) is 31.3 Å². The lowest BCUT2D eigenvalue weighted by Gasteiger charge is -2.09. The molecule has 0 atom stereocenters. The lowest BCUT2D eigenvalue weighted by atomic mass is 10.3. The van der Waals surface area contributed by atoms with E-state index in [2.05, 4.69) is 0 Å². The number of hydrogen-bond donors (Lipinski definition) is 1. The van der Waals surface area contributed by atoms with E-state index in [1.165, 1.54) is 7.11 Å². The molecule has 0 amide bonds. The maximum absolute atomic E-state index is 13.3. The van der Waals surface area contributed by atoms with Crippen LogP contribution in [-0.4, -0.2) is 41.1 Å². The normalized spacial score (nSPS) is 11.5. The average Bonchev–Trinajstić information content (AvgIpc) is 2.32. The van der Waals surface area contributed by atoms with Gasteiger partial charge in [-0.25, -0.2) is 17.2 Å². The first-order valence-corrected chi connectivity index (χ1v) is 7.12. The van der Waals surface area contributed by atoms with E-state index in [0.717, 1.165) is 12.1 Å². The van der Waals surface area contributed by atoms with Gasteiger partial charge in [-0.1, -0.05) is 0 Å². The predicted octanol–water partition coefficient (Wildman–Crippen LogP) is 1.37. The second-order valence-electron chi connectivity index (χ2n) is 3.65. The van der Waals surface area contributed by atoms with Crippen LogP contribution in [0, 0.1) is 11.6 Å². The van der Waals surface area contributed by atoms with Crippen molar-refractivity contribution >= 4 is 15.7 Å². The molecule has 8 heteroatoms. The van der Waals surface area contributed by atoms with Gasteiger partial charge in [0.15, 0.2) is 0 Å². The molecule has 0 aliphatic carbocycles. The highest BCUT2D eigenvalue weighted by atomic mass is 32.2. The van der Waals surface area contributed by atoms with Gasteiger partial charge in [0.2, 0.25) is 10.0 Å². The van der Waals surface area contributed by atoms with E-state index >= 15 is 0 Å². The Hall–Kier alpha value is -1.25. The highest BCUT2D eigenvalue weighted by Gasteiger charge is 2.13. The SMILES string of the molecule is COCCOCCS(=O)(=O)Nc1ccc(F)cc1F. The zero-order valence-corrected chi connectivity index (χ0v) is 11.2. The molecule has 0 heterocycles. The van der Waals surface area contributed by atoms with Crippen LogP contribution >= 0.6 is 0 Å². The Labute approximate surface area is 110 Å². The predicted molar refractivity (Wildman–Crippen MR) is 66.5 cm³/mol. The van der Waals surface area contributed by atoms with Gasteiger partial charge >= 0.3 is 0 Å². The summed E-state index contributed by atoms with van der Waals surface area (Å²) < 4.78 is 60.8. The molecule has 1 N–H and O–H groups in total. The standard InChI is InChI=1S/C11H15F2NO4S/c1-17-4-5-18-6-7-19(15,16)14-11-3-2-9(12)8-10(11)13/h2-3,8,14H,4-7H2,1H3. The van der Waals surface area contributed by atoms with Crippen molar-refractivity contribution in [3.05, 3.63) is 29.8 Å². The molecule has 1 rings (SSSR count). The van der Waals surface area contributed by atoms with E-state index in [1.54, 1.807) is 0 Å². The number of sulfonamides is 1. The fourth-order valence-electron chi connectivity index (χ4n) is 1.20. The van der Waals surface area contributed by atoms with E-state index < -0.39 is 21.7 Å². The Kier molecular flexibility index (Phi) is 6.13. The first-order chi connectivity index (χ1) is 8.94. The van der Waals surface area contributed by atoms with Crippen molar-refractivity contribution in [2.75, 3.05) is 37.4 Å². The summed E-state index contributed by atoms with van der Waals surface area (Å²) in [5.41, 5.74) is -0.293. The van der Waals surface area contributed by atoms with Gasteiger partial charge in [-0.3, -0.25) is 4.72 Å². The molecule has 5 nitrogen and oxygen atoms in total. The number of hydrogen-bond acceptors (Lipinski definition) is 4. The molecule has 19 heavy (non-hydrogen) atoms. The number of anilines is 1. The van der Waals surface area contributed by atoms with Crippen LogP contribution in [0.1, 0.15) is 0 Å². The van der Waals surface area contributed by atoms with Crippen molar-refractivity contribution in [2.45, 2.75) is 0 Å². The summed E-state index contributed by atoms with van der Waals surface area (Å²) in [6.45, 7) is 0.596. The zero-order valence-electron chi connectivity index (χ0n) is 10.4. The van der Waals surface area contributed by atoms with Gasteiger partial charge in [-0.2, -0.15) is 0 Å². The van der Waals surface area contributed by atoms with Crippen LogP contribution in [-0.2, 0) is 19.5 Å². The summed E-state index contributed by atoms with van der Waals surface area (Å²) >= 11 is 0. The molecule has 108 valence electrons. The van der Waals surface area contributed by atoms with E-state index in [-0.39, 0.29) is 24.7 Å². The number of methoxy groups -OCH3 is 1. The fourth-order valence-corrected chi connectivity index (χ4v) is 2.14. The van der Waals surface area contributed by atoms with Crippen LogP contribution < -0.4 is 4.72 Å². The number of ether oxygens (including phenoxy) is 2. The van der Waals surface area contributed by atoms with Gasteiger partial charge in [-0.15, -0.1) is 0 Å². The molecule has 0 saturated heterocycles. The second-order valence-corrected chi connectivity index (χ2v) is 5.49. The molecule has 0 bridgehead atoms. The van der Waals surface area contributed by atoms with Crippen molar-refractivity contribution in [3.8, 4) is 0 Å². The van der Waals surface area contributed by atoms with E-state index in [9.17, 15) is 17.2 Å². The molecule has 0 aliphatic heterocycles. The molecule has 1 aromatic rings. The van der Waals surface area contributed by atoms with Gasteiger partial charge in [0.25, 0.3) is 0 Å². The first-order valence-electron chi connectivity index (χ1n) is 5.47. The lowest BCUT2D eigenvalue weighted by molar-refractivity contribution is 0.0785. The summed E-state index contributed by atoms with van der Waals surface area (Å²) in [5.74, 6) is -2.07. The topological polar surface area (TPSA) is 64.6 Å². The third-order valence-corrected chi connectivity index (χ3v) is 3.36. The molecule has 0 saturated carbocycles. The van der Waals surface area contributed by atoms with Gasteiger partial charge in [-0.05, 0) is 12.1 Å². The summed E-state index contributed by atoms with van der Waals surface area (Å²) in [6, 6.07) is 2.59. The van der Waals surface area contributed by atoms with Crippen molar-refractivity contribution in [2.24, 2.45) is 0 Å². The Morgan fingerprint density at radius 3 is 2.58 bits per heavy atom.